The molecule has 4 aromatic carbocycles. The van der Waals surface area contributed by atoms with E-state index < -0.39 is 28.5 Å². The number of rotatable bonds is 14. The molecule has 46 heavy (non-hydrogen) atoms. The van der Waals surface area contributed by atoms with Crippen LogP contribution in [0.1, 0.15) is 24.5 Å². The van der Waals surface area contributed by atoms with Gasteiger partial charge in [0, 0.05) is 34.6 Å². The Bertz CT molecular complexity index is 1760. The fourth-order valence-corrected chi connectivity index (χ4v) is 6.85. The predicted molar refractivity (Wildman–Crippen MR) is 183 cm³/mol. The average molecular weight is 703 g/mol. The summed E-state index contributed by atoms with van der Waals surface area (Å²) >= 11 is 19.0. The Morgan fingerprint density at radius 1 is 0.870 bits per heavy atom. The van der Waals surface area contributed by atoms with Gasteiger partial charge in [0.25, 0.3) is 10.0 Å². The van der Waals surface area contributed by atoms with Crippen LogP contribution in [0.5, 0.6) is 5.75 Å². The largest absolute Gasteiger partial charge is 0.497 e. The van der Waals surface area contributed by atoms with E-state index in [9.17, 15) is 18.0 Å². The van der Waals surface area contributed by atoms with Gasteiger partial charge in [0.05, 0.1) is 17.7 Å². The van der Waals surface area contributed by atoms with Gasteiger partial charge >= 0.3 is 0 Å². The molecule has 0 aromatic heterocycles. The molecule has 12 heteroatoms. The van der Waals surface area contributed by atoms with Crippen molar-refractivity contribution >= 4 is 62.3 Å². The molecule has 242 valence electrons. The molecule has 0 saturated heterocycles. The van der Waals surface area contributed by atoms with Gasteiger partial charge in [-0.2, -0.15) is 0 Å². The highest BCUT2D eigenvalue weighted by molar-refractivity contribution is 7.92. The smallest absolute Gasteiger partial charge is 0.264 e. The lowest BCUT2D eigenvalue weighted by Crippen LogP contribution is -2.53. The Morgan fingerprint density at radius 3 is 2.20 bits per heavy atom. The van der Waals surface area contributed by atoms with Gasteiger partial charge in [-0.25, -0.2) is 8.42 Å². The summed E-state index contributed by atoms with van der Waals surface area (Å²) in [5, 5.41) is 3.90. The van der Waals surface area contributed by atoms with Crippen molar-refractivity contribution in [2.45, 2.75) is 37.2 Å². The summed E-state index contributed by atoms with van der Waals surface area (Å²) in [7, 11) is -2.83. The molecule has 8 nitrogen and oxygen atoms in total. The maximum atomic E-state index is 14.5. The van der Waals surface area contributed by atoms with Crippen LogP contribution < -0.4 is 14.4 Å². The van der Waals surface area contributed by atoms with Gasteiger partial charge in [0.1, 0.15) is 18.3 Å². The van der Waals surface area contributed by atoms with Crippen molar-refractivity contribution in [2.75, 3.05) is 24.5 Å². The molecule has 0 radical (unpaired) electrons. The molecule has 4 rings (SSSR count). The second kappa shape index (κ2) is 16.2. The predicted octanol–water partition coefficient (Wildman–Crippen LogP) is 7.02. The van der Waals surface area contributed by atoms with Crippen molar-refractivity contribution < 1.29 is 22.7 Å². The zero-order valence-corrected chi connectivity index (χ0v) is 28.4. The summed E-state index contributed by atoms with van der Waals surface area (Å²) in [6.45, 7) is 1.61. The molecule has 0 fully saturated rings. The number of sulfonamides is 1. The Balaban J connectivity index is 1.81. The van der Waals surface area contributed by atoms with Crippen LogP contribution in [0, 0.1) is 0 Å². The minimum absolute atomic E-state index is 0.0603. The molecular formula is C34H34Cl3N3O5S. The zero-order chi connectivity index (χ0) is 33.3. The lowest BCUT2D eigenvalue weighted by Gasteiger charge is -2.34. The lowest BCUT2D eigenvalue weighted by atomic mass is 10.0. The van der Waals surface area contributed by atoms with Gasteiger partial charge in [-0.15, -0.1) is 0 Å². The van der Waals surface area contributed by atoms with Crippen LogP contribution in [0.4, 0.5) is 5.69 Å². The second-order valence-electron chi connectivity index (χ2n) is 10.4. The summed E-state index contributed by atoms with van der Waals surface area (Å²) in [4.78, 5) is 29.6. The summed E-state index contributed by atoms with van der Waals surface area (Å²) < 4.78 is 34.5. The number of methoxy groups -OCH3 is 1. The highest BCUT2D eigenvalue weighted by atomic mass is 35.5. The van der Waals surface area contributed by atoms with E-state index in [4.69, 9.17) is 39.5 Å². The first kappa shape index (κ1) is 35.1. The number of anilines is 1. The van der Waals surface area contributed by atoms with Crippen LogP contribution in [0.2, 0.25) is 15.1 Å². The third-order valence-electron chi connectivity index (χ3n) is 7.20. The molecule has 0 aliphatic heterocycles. The first-order valence-corrected chi connectivity index (χ1v) is 17.1. The lowest BCUT2D eigenvalue weighted by molar-refractivity contribution is -0.140. The van der Waals surface area contributed by atoms with Crippen molar-refractivity contribution in [3.05, 3.63) is 123 Å². The van der Waals surface area contributed by atoms with E-state index in [1.807, 2.05) is 37.3 Å². The van der Waals surface area contributed by atoms with E-state index in [0.29, 0.717) is 34.3 Å². The molecule has 1 N–H and O–H groups in total. The van der Waals surface area contributed by atoms with Crippen LogP contribution in [-0.2, 0) is 32.6 Å². The van der Waals surface area contributed by atoms with Crippen LogP contribution >= 0.6 is 34.8 Å². The van der Waals surface area contributed by atoms with E-state index in [-0.39, 0.29) is 34.5 Å². The van der Waals surface area contributed by atoms with Crippen molar-refractivity contribution in [1.82, 2.24) is 10.2 Å². The first-order valence-electron chi connectivity index (χ1n) is 14.5. The van der Waals surface area contributed by atoms with Gasteiger partial charge in [-0.3, -0.25) is 13.9 Å². The molecule has 4 aromatic rings. The number of hydrogen-bond acceptors (Lipinski definition) is 5. The van der Waals surface area contributed by atoms with E-state index in [1.165, 1.54) is 42.3 Å². The monoisotopic (exact) mass is 701 g/mol. The van der Waals surface area contributed by atoms with E-state index in [1.54, 1.807) is 36.4 Å². The van der Waals surface area contributed by atoms with Crippen molar-refractivity contribution in [1.29, 1.82) is 0 Å². The van der Waals surface area contributed by atoms with E-state index >= 15 is 0 Å². The van der Waals surface area contributed by atoms with Crippen molar-refractivity contribution in [3.8, 4) is 5.75 Å². The number of benzene rings is 4. The molecule has 1 atom stereocenters. The number of carbonyl (C=O) groups is 2. The third kappa shape index (κ3) is 8.94. The molecule has 1 unspecified atom stereocenters. The minimum Gasteiger partial charge on any atom is -0.497 e. The van der Waals surface area contributed by atoms with Crippen LogP contribution in [-0.4, -0.2) is 51.4 Å². The van der Waals surface area contributed by atoms with Gasteiger partial charge in [0.15, 0.2) is 0 Å². The van der Waals surface area contributed by atoms with Crippen LogP contribution in [0.25, 0.3) is 0 Å². The number of nitrogens with one attached hydrogen (secondary N) is 1. The summed E-state index contributed by atoms with van der Waals surface area (Å²) in [6.07, 6.45) is 0.860. The number of carbonyl (C=O) groups excluding carboxylic acids is 2. The summed E-state index contributed by atoms with van der Waals surface area (Å²) in [5.41, 5.74) is 1.53. The highest BCUT2D eigenvalue weighted by Crippen LogP contribution is 2.29. The SMILES string of the molecule is CCCNC(=O)C(Cc1ccccc1)N(Cc1ccc(Cl)cc1Cl)C(=O)CN(c1cccc(Cl)c1)S(=O)(=O)c1ccc(OC)cc1. The van der Waals surface area contributed by atoms with Gasteiger partial charge in [-0.1, -0.05) is 84.2 Å². The molecular weight excluding hydrogens is 669 g/mol. The molecule has 0 bridgehead atoms. The molecule has 0 spiro atoms. The quantitative estimate of drug-likeness (QED) is 0.153. The topological polar surface area (TPSA) is 96.0 Å². The number of ether oxygens (including phenoxy) is 1. The van der Waals surface area contributed by atoms with Crippen LogP contribution in [0.3, 0.4) is 0 Å². The Kier molecular flexibility index (Phi) is 12.3. The molecule has 0 aliphatic rings. The Hall–Kier alpha value is -3.76. The maximum absolute atomic E-state index is 14.5. The third-order valence-corrected chi connectivity index (χ3v) is 9.81. The Labute approximate surface area is 284 Å². The van der Waals surface area contributed by atoms with Crippen LogP contribution in [0.15, 0.2) is 102 Å². The molecule has 0 aliphatic carbocycles. The number of hydrogen-bond donors (Lipinski definition) is 1. The molecule has 0 saturated carbocycles. The molecule has 0 heterocycles. The standard InChI is InChI=1S/C34H34Cl3N3O5S/c1-3-18-38-34(42)32(19-24-8-5-4-6-9-24)39(22-25-12-13-27(36)21-31(25)37)33(41)23-40(28-11-7-10-26(35)20-28)46(43,44)30-16-14-29(45-2)15-17-30/h4-17,20-21,32H,3,18-19,22-23H2,1-2H3,(H,38,42). The van der Waals surface area contributed by atoms with E-state index in [0.717, 1.165) is 9.87 Å². The average Bonchev–Trinajstić information content (AvgIpc) is 3.05. The van der Waals surface area contributed by atoms with Gasteiger partial charge in [0.2, 0.25) is 11.8 Å². The zero-order valence-electron chi connectivity index (χ0n) is 25.3. The van der Waals surface area contributed by atoms with E-state index in [2.05, 4.69) is 5.32 Å². The highest BCUT2D eigenvalue weighted by Gasteiger charge is 2.35. The number of halogens is 3. The van der Waals surface area contributed by atoms with Gasteiger partial charge < -0.3 is 15.0 Å². The summed E-state index contributed by atoms with van der Waals surface area (Å²) in [5.74, 6) is -0.538. The number of amides is 2. The van der Waals surface area contributed by atoms with Crippen molar-refractivity contribution in [3.63, 3.8) is 0 Å². The first-order chi connectivity index (χ1) is 22.0. The summed E-state index contributed by atoms with van der Waals surface area (Å²) in [6, 6.07) is 25.2. The fourth-order valence-electron chi connectivity index (χ4n) is 4.79. The van der Waals surface area contributed by atoms with Gasteiger partial charge in [-0.05, 0) is 72.1 Å². The molecule has 2 amide bonds. The second-order valence-corrected chi connectivity index (χ2v) is 13.6. The Morgan fingerprint density at radius 2 is 1.57 bits per heavy atom. The fraction of sp³-hybridized carbons (Fsp3) is 0.235. The maximum Gasteiger partial charge on any atom is 0.264 e. The normalized spacial score (nSPS) is 11.8. The number of nitrogens with zero attached hydrogens (tertiary/aromatic N) is 2. The van der Waals surface area contributed by atoms with Crippen molar-refractivity contribution in [2.24, 2.45) is 0 Å². The minimum atomic E-state index is -4.30.